The molecule has 2 aliphatic rings. The molecule has 2 rings (SSSR count). The number of oxime groups is 1. The Kier molecular flexibility index (Phi) is 0.798. The molecule has 0 bridgehead atoms. The summed E-state index contributed by atoms with van der Waals surface area (Å²) < 4.78 is 0. The molecule has 0 saturated heterocycles. The summed E-state index contributed by atoms with van der Waals surface area (Å²) in [5.41, 5.74) is 0. The summed E-state index contributed by atoms with van der Waals surface area (Å²) in [4.78, 5) is 10.5. The minimum absolute atomic E-state index is 0.489. The van der Waals surface area contributed by atoms with E-state index < -0.39 is 0 Å². The fourth-order valence-electron chi connectivity index (χ4n) is 0.723. The molecule has 0 spiro atoms. The molecular weight excluding hydrogens is 118 g/mol. The molecule has 2 aliphatic heterocycles. The van der Waals surface area contributed by atoms with E-state index in [1.807, 2.05) is 4.90 Å². The van der Waals surface area contributed by atoms with Gasteiger partial charge in [0.05, 0.1) is 6.34 Å². The second-order valence-corrected chi connectivity index (χ2v) is 1.76. The monoisotopic (exact) mass is 123 g/mol. The minimum atomic E-state index is 0.489. The van der Waals surface area contributed by atoms with Crippen molar-refractivity contribution in [2.24, 2.45) is 10.1 Å². The summed E-state index contributed by atoms with van der Waals surface area (Å²) in [5.74, 6) is 0.824. The van der Waals surface area contributed by atoms with E-state index in [0.29, 0.717) is 6.73 Å². The smallest absolute Gasteiger partial charge is 0.196 e. The Morgan fingerprint density at radius 3 is 3.56 bits per heavy atom. The van der Waals surface area contributed by atoms with Crippen LogP contribution in [0.1, 0.15) is 0 Å². The van der Waals surface area contributed by atoms with Gasteiger partial charge in [-0.2, -0.15) is 0 Å². The number of aliphatic imine (C=N–C) groups is 1. The Labute approximate surface area is 52.1 Å². The minimum Gasteiger partial charge on any atom is -0.371 e. The van der Waals surface area contributed by atoms with E-state index >= 15 is 0 Å². The zero-order valence-corrected chi connectivity index (χ0v) is 4.69. The van der Waals surface area contributed by atoms with Gasteiger partial charge in [0.2, 0.25) is 0 Å². The molecule has 4 heteroatoms. The van der Waals surface area contributed by atoms with Crippen molar-refractivity contribution in [1.82, 2.24) is 4.90 Å². The van der Waals surface area contributed by atoms with Crippen LogP contribution in [0.4, 0.5) is 0 Å². The lowest BCUT2D eigenvalue weighted by Crippen LogP contribution is -2.25. The van der Waals surface area contributed by atoms with Crippen LogP contribution in [-0.2, 0) is 4.84 Å². The molecule has 0 aliphatic carbocycles. The highest BCUT2D eigenvalue weighted by molar-refractivity contribution is 6.01. The average molecular weight is 123 g/mol. The van der Waals surface area contributed by atoms with Crippen LogP contribution in [0.3, 0.4) is 0 Å². The molecule has 0 amide bonds. The van der Waals surface area contributed by atoms with Crippen LogP contribution >= 0.6 is 0 Å². The zero-order chi connectivity index (χ0) is 6.10. The molecule has 0 saturated carbocycles. The first-order chi connectivity index (χ1) is 4.47. The van der Waals surface area contributed by atoms with E-state index in [9.17, 15) is 0 Å². The van der Waals surface area contributed by atoms with E-state index in [2.05, 4.69) is 10.1 Å². The third kappa shape index (κ3) is 0.595. The van der Waals surface area contributed by atoms with E-state index in [0.717, 1.165) is 5.84 Å². The molecule has 2 heterocycles. The molecule has 0 aromatic carbocycles. The Balaban J connectivity index is 2.33. The quantitative estimate of drug-likeness (QED) is 0.459. The maximum absolute atomic E-state index is 4.76. The topological polar surface area (TPSA) is 37.2 Å². The molecule has 9 heavy (non-hydrogen) atoms. The van der Waals surface area contributed by atoms with E-state index in [4.69, 9.17) is 4.84 Å². The van der Waals surface area contributed by atoms with Crippen molar-refractivity contribution >= 4 is 12.2 Å². The van der Waals surface area contributed by atoms with E-state index in [1.165, 1.54) is 0 Å². The number of rotatable bonds is 0. The van der Waals surface area contributed by atoms with Gasteiger partial charge in [-0.05, 0) is 0 Å². The van der Waals surface area contributed by atoms with Crippen LogP contribution in [0.25, 0.3) is 0 Å². The highest BCUT2D eigenvalue weighted by atomic mass is 16.7. The van der Waals surface area contributed by atoms with Crippen molar-refractivity contribution in [3.8, 4) is 0 Å². The second-order valence-electron chi connectivity index (χ2n) is 1.76. The molecule has 0 radical (unpaired) electrons. The van der Waals surface area contributed by atoms with Gasteiger partial charge in [0.15, 0.2) is 12.6 Å². The molecule has 0 unspecified atom stereocenters. The van der Waals surface area contributed by atoms with Gasteiger partial charge in [-0.15, -0.1) is 0 Å². The van der Waals surface area contributed by atoms with Gasteiger partial charge >= 0.3 is 0 Å². The summed E-state index contributed by atoms with van der Waals surface area (Å²) >= 11 is 0. The number of hydrogen-bond donors (Lipinski definition) is 0. The SMILES string of the molecule is C1=CC2=NOCN2C=N1. The molecular formula is C5H5N3O. The Bertz CT molecular complexity index is 203. The van der Waals surface area contributed by atoms with Crippen LogP contribution in [0.5, 0.6) is 0 Å². The van der Waals surface area contributed by atoms with Crippen LogP contribution in [0.2, 0.25) is 0 Å². The summed E-state index contributed by atoms with van der Waals surface area (Å²) in [6.45, 7) is 0.489. The maximum Gasteiger partial charge on any atom is 0.196 e. The third-order valence-corrected chi connectivity index (χ3v) is 1.16. The van der Waals surface area contributed by atoms with E-state index in [-0.39, 0.29) is 0 Å². The normalized spacial score (nSPS) is 21.3. The van der Waals surface area contributed by atoms with E-state index in [1.54, 1.807) is 18.6 Å². The molecule has 0 aromatic heterocycles. The zero-order valence-electron chi connectivity index (χ0n) is 4.69. The van der Waals surface area contributed by atoms with Gasteiger partial charge in [-0.25, -0.2) is 4.99 Å². The van der Waals surface area contributed by atoms with Crippen LogP contribution in [0.15, 0.2) is 22.4 Å². The highest BCUT2D eigenvalue weighted by Crippen LogP contribution is 2.04. The summed E-state index contributed by atoms with van der Waals surface area (Å²) in [6.07, 6.45) is 5.17. The van der Waals surface area contributed by atoms with Crippen molar-refractivity contribution in [1.29, 1.82) is 0 Å². The maximum atomic E-state index is 4.76. The van der Waals surface area contributed by atoms with Crippen molar-refractivity contribution in [2.45, 2.75) is 0 Å². The number of fused-ring (bicyclic) bond motifs is 1. The van der Waals surface area contributed by atoms with Crippen LogP contribution < -0.4 is 0 Å². The largest absolute Gasteiger partial charge is 0.371 e. The van der Waals surface area contributed by atoms with Crippen molar-refractivity contribution in [3.05, 3.63) is 12.3 Å². The van der Waals surface area contributed by atoms with Gasteiger partial charge in [0.1, 0.15) is 0 Å². The first kappa shape index (κ1) is 4.55. The number of nitrogens with zero attached hydrogens (tertiary/aromatic N) is 3. The first-order valence-corrected chi connectivity index (χ1v) is 2.63. The fraction of sp³-hybridized carbons (Fsp3) is 0.200. The molecule has 0 N–H and O–H groups in total. The molecule has 0 fully saturated rings. The predicted molar refractivity (Wildman–Crippen MR) is 32.9 cm³/mol. The molecule has 46 valence electrons. The predicted octanol–water partition coefficient (Wildman–Crippen LogP) is 0.145. The second kappa shape index (κ2) is 1.58. The summed E-state index contributed by atoms with van der Waals surface area (Å²) in [7, 11) is 0. The first-order valence-electron chi connectivity index (χ1n) is 2.63. The van der Waals surface area contributed by atoms with Gasteiger partial charge in [0, 0.05) is 12.3 Å². The van der Waals surface area contributed by atoms with Crippen LogP contribution in [0, 0.1) is 0 Å². The lowest BCUT2D eigenvalue weighted by molar-refractivity contribution is 0.135. The average Bonchev–Trinajstić information content (AvgIpc) is 2.33. The van der Waals surface area contributed by atoms with Gasteiger partial charge in [0.25, 0.3) is 0 Å². The van der Waals surface area contributed by atoms with Gasteiger partial charge in [-0.1, -0.05) is 5.16 Å². The van der Waals surface area contributed by atoms with Crippen molar-refractivity contribution in [3.63, 3.8) is 0 Å². The molecule has 0 aromatic rings. The van der Waals surface area contributed by atoms with Gasteiger partial charge < -0.3 is 4.84 Å². The Morgan fingerprint density at radius 1 is 1.67 bits per heavy atom. The Hall–Kier alpha value is -1.32. The molecule has 4 nitrogen and oxygen atoms in total. The number of hydrogen-bond acceptors (Lipinski definition) is 4. The Morgan fingerprint density at radius 2 is 2.67 bits per heavy atom. The van der Waals surface area contributed by atoms with Crippen LogP contribution in [-0.4, -0.2) is 23.8 Å². The molecule has 0 atom stereocenters. The van der Waals surface area contributed by atoms with Crippen molar-refractivity contribution in [2.75, 3.05) is 6.73 Å². The van der Waals surface area contributed by atoms with Crippen molar-refractivity contribution < 1.29 is 4.84 Å². The lowest BCUT2D eigenvalue weighted by atomic mass is 10.5. The van der Waals surface area contributed by atoms with Gasteiger partial charge in [-0.3, -0.25) is 4.90 Å². The summed E-state index contributed by atoms with van der Waals surface area (Å²) in [6, 6.07) is 0. The number of amidine groups is 1. The third-order valence-electron chi connectivity index (χ3n) is 1.16. The standard InChI is InChI=1S/C5H5N3O/c1-2-6-3-8-4-9-7-5(1)8/h1-3H,4H2. The summed E-state index contributed by atoms with van der Waals surface area (Å²) in [5, 5.41) is 3.72. The fourth-order valence-corrected chi connectivity index (χ4v) is 0.723. The highest BCUT2D eigenvalue weighted by Gasteiger charge is 2.14. The lowest BCUT2D eigenvalue weighted by Gasteiger charge is -2.09.